The van der Waals surface area contributed by atoms with E-state index in [0.29, 0.717) is 25.2 Å². The quantitative estimate of drug-likeness (QED) is 0.321. The van der Waals surface area contributed by atoms with Gasteiger partial charge in [-0.1, -0.05) is 26.7 Å². The van der Waals surface area contributed by atoms with Crippen LogP contribution < -0.4 is 16.0 Å². The molecule has 0 aliphatic rings. The normalized spacial score (nSPS) is 13.1. The second kappa shape index (κ2) is 12.4. The highest BCUT2D eigenvalue weighted by molar-refractivity contribution is 5.86. The molecule has 0 saturated heterocycles. The van der Waals surface area contributed by atoms with Crippen LogP contribution in [-0.4, -0.2) is 51.8 Å². The lowest BCUT2D eigenvalue weighted by Crippen LogP contribution is -2.46. The summed E-state index contributed by atoms with van der Waals surface area (Å²) in [4.78, 5) is 15.7. The lowest BCUT2D eigenvalue weighted by molar-refractivity contribution is -0.120. The maximum Gasteiger partial charge on any atom is 0.239 e. The summed E-state index contributed by atoms with van der Waals surface area (Å²) in [6, 6.07) is 0.339. The van der Waals surface area contributed by atoms with E-state index < -0.39 is 0 Å². The van der Waals surface area contributed by atoms with Crippen molar-refractivity contribution in [1.82, 2.24) is 16.0 Å². The van der Waals surface area contributed by atoms with Gasteiger partial charge in [0.25, 0.3) is 0 Å². The number of guanidine groups is 1. The number of amides is 1. The predicted octanol–water partition coefficient (Wildman–Crippen LogP) is 1.13. The van der Waals surface area contributed by atoms with Crippen molar-refractivity contribution < 1.29 is 9.53 Å². The first kappa shape index (κ1) is 19.7. The maximum atomic E-state index is 11.6. The summed E-state index contributed by atoms with van der Waals surface area (Å²) in [5.41, 5.74) is 0. The standard InChI is InChI=1S/C15H32N4O2/c1-12(2)7-6-8-13(3)19-15(16-4)18-11-14(20)17-9-10-21-5/h12-13H,6-11H2,1-5H3,(H,17,20)(H2,16,18,19). The number of aliphatic imine (C=N–C) groups is 1. The number of rotatable bonds is 10. The molecule has 0 aromatic heterocycles. The molecule has 0 rings (SSSR count). The fourth-order valence-corrected chi connectivity index (χ4v) is 1.85. The minimum absolute atomic E-state index is 0.0672. The maximum absolute atomic E-state index is 11.6. The molecular weight excluding hydrogens is 268 g/mol. The van der Waals surface area contributed by atoms with Crippen molar-refractivity contribution in [1.29, 1.82) is 0 Å². The van der Waals surface area contributed by atoms with Gasteiger partial charge in [0.05, 0.1) is 13.2 Å². The molecule has 6 nitrogen and oxygen atoms in total. The first-order valence-corrected chi connectivity index (χ1v) is 7.72. The van der Waals surface area contributed by atoms with E-state index in [-0.39, 0.29) is 12.5 Å². The van der Waals surface area contributed by atoms with Crippen molar-refractivity contribution in [2.75, 3.05) is 33.9 Å². The van der Waals surface area contributed by atoms with Crippen LogP contribution in [0.4, 0.5) is 0 Å². The predicted molar refractivity (Wildman–Crippen MR) is 87.5 cm³/mol. The van der Waals surface area contributed by atoms with E-state index in [9.17, 15) is 4.79 Å². The Bertz CT molecular complexity index is 306. The number of carbonyl (C=O) groups is 1. The summed E-state index contributed by atoms with van der Waals surface area (Å²) in [6.07, 6.45) is 3.53. The fraction of sp³-hybridized carbons (Fsp3) is 0.867. The van der Waals surface area contributed by atoms with E-state index in [1.54, 1.807) is 14.2 Å². The molecular formula is C15H32N4O2. The van der Waals surface area contributed by atoms with Crippen LogP contribution in [-0.2, 0) is 9.53 Å². The smallest absolute Gasteiger partial charge is 0.239 e. The Balaban J connectivity index is 3.87. The number of nitrogens with one attached hydrogen (secondary N) is 3. The van der Waals surface area contributed by atoms with E-state index in [4.69, 9.17) is 4.74 Å². The van der Waals surface area contributed by atoms with Gasteiger partial charge in [-0.2, -0.15) is 0 Å². The van der Waals surface area contributed by atoms with Gasteiger partial charge in [0.2, 0.25) is 5.91 Å². The van der Waals surface area contributed by atoms with Crippen molar-refractivity contribution >= 4 is 11.9 Å². The van der Waals surface area contributed by atoms with Crippen LogP contribution in [0.15, 0.2) is 4.99 Å². The zero-order chi connectivity index (χ0) is 16.1. The lowest BCUT2D eigenvalue weighted by atomic mass is 10.0. The molecule has 124 valence electrons. The molecule has 6 heteroatoms. The third-order valence-corrected chi connectivity index (χ3v) is 3.07. The molecule has 0 bridgehead atoms. The molecule has 0 spiro atoms. The summed E-state index contributed by atoms with van der Waals surface area (Å²) in [7, 11) is 3.32. The van der Waals surface area contributed by atoms with Gasteiger partial charge in [-0.25, -0.2) is 0 Å². The zero-order valence-corrected chi connectivity index (χ0v) is 14.2. The average molecular weight is 300 g/mol. The van der Waals surface area contributed by atoms with Gasteiger partial charge in [0.1, 0.15) is 0 Å². The van der Waals surface area contributed by atoms with Gasteiger partial charge in [-0.05, 0) is 19.3 Å². The first-order chi connectivity index (χ1) is 9.99. The molecule has 0 radical (unpaired) electrons. The molecule has 0 aliphatic heterocycles. The Hall–Kier alpha value is -1.30. The summed E-state index contributed by atoms with van der Waals surface area (Å²) in [6.45, 7) is 7.86. The van der Waals surface area contributed by atoms with Crippen molar-refractivity contribution in [2.45, 2.75) is 46.1 Å². The van der Waals surface area contributed by atoms with Gasteiger partial charge >= 0.3 is 0 Å². The average Bonchev–Trinajstić information content (AvgIpc) is 2.43. The van der Waals surface area contributed by atoms with Crippen LogP contribution in [0.25, 0.3) is 0 Å². The molecule has 0 aliphatic carbocycles. The minimum Gasteiger partial charge on any atom is -0.383 e. The second-order valence-corrected chi connectivity index (χ2v) is 5.64. The highest BCUT2D eigenvalue weighted by atomic mass is 16.5. The molecule has 0 heterocycles. The number of nitrogens with zero attached hydrogens (tertiary/aromatic N) is 1. The van der Waals surface area contributed by atoms with Crippen molar-refractivity contribution in [3.8, 4) is 0 Å². The molecule has 0 aromatic carbocycles. The molecule has 21 heavy (non-hydrogen) atoms. The van der Waals surface area contributed by atoms with Crippen LogP contribution in [0.1, 0.15) is 40.0 Å². The monoisotopic (exact) mass is 300 g/mol. The Morgan fingerprint density at radius 1 is 1.19 bits per heavy atom. The molecule has 0 saturated carbocycles. The molecule has 0 fully saturated rings. The molecule has 1 atom stereocenters. The second-order valence-electron chi connectivity index (χ2n) is 5.64. The molecule has 3 N–H and O–H groups in total. The fourth-order valence-electron chi connectivity index (χ4n) is 1.85. The van der Waals surface area contributed by atoms with Crippen molar-refractivity contribution in [3.63, 3.8) is 0 Å². The molecule has 1 amide bonds. The number of hydrogen-bond donors (Lipinski definition) is 3. The molecule has 1 unspecified atom stereocenters. The number of carbonyl (C=O) groups excluding carboxylic acids is 1. The van der Waals surface area contributed by atoms with Crippen molar-refractivity contribution in [2.24, 2.45) is 10.9 Å². The van der Waals surface area contributed by atoms with Crippen LogP contribution in [0.2, 0.25) is 0 Å². The number of hydrogen-bond acceptors (Lipinski definition) is 3. The summed E-state index contributed by atoms with van der Waals surface area (Å²) >= 11 is 0. The number of methoxy groups -OCH3 is 1. The van der Waals surface area contributed by atoms with E-state index >= 15 is 0 Å². The summed E-state index contributed by atoms with van der Waals surface area (Å²) in [5.74, 6) is 1.34. The largest absolute Gasteiger partial charge is 0.383 e. The minimum atomic E-state index is -0.0672. The van der Waals surface area contributed by atoms with Crippen molar-refractivity contribution in [3.05, 3.63) is 0 Å². The third kappa shape index (κ3) is 12.2. The van der Waals surface area contributed by atoms with Gasteiger partial charge in [0.15, 0.2) is 5.96 Å². The Morgan fingerprint density at radius 3 is 2.48 bits per heavy atom. The van der Waals surface area contributed by atoms with Crippen LogP contribution in [0.3, 0.4) is 0 Å². The van der Waals surface area contributed by atoms with Crippen LogP contribution in [0.5, 0.6) is 0 Å². The highest BCUT2D eigenvalue weighted by Crippen LogP contribution is 2.07. The number of ether oxygens (including phenoxy) is 1. The van der Waals surface area contributed by atoms with Crippen LogP contribution in [0, 0.1) is 5.92 Å². The van der Waals surface area contributed by atoms with E-state index in [1.165, 1.54) is 12.8 Å². The van der Waals surface area contributed by atoms with Crippen LogP contribution >= 0.6 is 0 Å². The summed E-state index contributed by atoms with van der Waals surface area (Å²) < 4.78 is 4.87. The molecule has 0 aromatic rings. The lowest BCUT2D eigenvalue weighted by Gasteiger charge is -2.18. The van der Waals surface area contributed by atoms with Gasteiger partial charge in [-0.3, -0.25) is 9.79 Å². The zero-order valence-electron chi connectivity index (χ0n) is 14.2. The van der Waals surface area contributed by atoms with Gasteiger partial charge in [0, 0.05) is 26.7 Å². The SMILES string of the molecule is CN=C(NCC(=O)NCCOC)NC(C)CCCC(C)C. The van der Waals surface area contributed by atoms with E-state index in [0.717, 1.165) is 12.3 Å². The third-order valence-electron chi connectivity index (χ3n) is 3.07. The topological polar surface area (TPSA) is 74.8 Å². The van der Waals surface area contributed by atoms with Gasteiger partial charge in [-0.15, -0.1) is 0 Å². The van der Waals surface area contributed by atoms with Gasteiger partial charge < -0.3 is 20.7 Å². The highest BCUT2D eigenvalue weighted by Gasteiger charge is 2.07. The Labute approximate surface area is 129 Å². The summed E-state index contributed by atoms with van der Waals surface area (Å²) in [5, 5.41) is 9.06. The Morgan fingerprint density at radius 2 is 1.90 bits per heavy atom. The Kier molecular flexibility index (Phi) is 11.7. The van der Waals surface area contributed by atoms with E-state index in [2.05, 4.69) is 41.7 Å². The first-order valence-electron chi connectivity index (χ1n) is 7.72. The van der Waals surface area contributed by atoms with E-state index in [1.807, 2.05) is 0 Å².